The zero-order valence-corrected chi connectivity index (χ0v) is 12.2. The van der Waals surface area contributed by atoms with Gasteiger partial charge in [0.15, 0.2) is 16.7 Å². The third kappa shape index (κ3) is 4.47. The van der Waals surface area contributed by atoms with Crippen LogP contribution in [0.15, 0.2) is 16.6 Å². The predicted molar refractivity (Wildman–Crippen MR) is 74.9 cm³/mol. The van der Waals surface area contributed by atoms with E-state index in [9.17, 15) is 9.50 Å². The third-order valence-electron chi connectivity index (χ3n) is 1.76. The molecule has 0 heterocycles. The van der Waals surface area contributed by atoms with Crippen molar-refractivity contribution in [3.63, 3.8) is 0 Å². The molecule has 0 saturated heterocycles. The number of aromatic hydroxyl groups is 1. The van der Waals surface area contributed by atoms with Gasteiger partial charge < -0.3 is 15.7 Å². The van der Waals surface area contributed by atoms with Crippen LogP contribution in [0, 0.1) is 5.82 Å². The summed E-state index contributed by atoms with van der Waals surface area (Å²) in [5, 5.41) is 15.6. The van der Waals surface area contributed by atoms with Crippen molar-refractivity contribution in [3.8, 4) is 5.75 Å². The normalized spacial score (nSPS) is 11.1. The van der Waals surface area contributed by atoms with Gasteiger partial charge in [-0.15, -0.1) is 0 Å². The zero-order valence-electron chi connectivity index (χ0n) is 9.77. The van der Waals surface area contributed by atoms with E-state index in [-0.39, 0.29) is 11.2 Å². The Morgan fingerprint density at radius 1 is 1.41 bits per heavy atom. The van der Waals surface area contributed by atoms with Crippen molar-refractivity contribution in [2.75, 3.05) is 5.32 Å². The molecule has 0 aliphatic carbocycles. The lowest BCUT2D eigenvalue weighted by molar-refractivity contribution is 0.434. The molecular weight excluding hydrogens is 307 g/mol. The maximum Gasteiger partial charge on any atom is 0.175 e. The Bertz CT molecular complexity index is 446. The molecule has 0 unspecified atom stereocenters. The molecule has 1 aromatic carbocycles. The quantitative estimate of drug-likeness (QED) is 0.548. The van der Waals surface area contributed by atoms with Crippen LogP contribution in [0.1, 0.15) is 20.8 Å². The van der Waals surface area contributed by atoms with Crippen molar-refractivity contribution in [1.82, 2.24) is 5.32 Å². The maximum atomic E-state index is 13.2. The van der Waals surface area contributed by atoms with Crippen molar-refractivity contribution in [3.05, 3.63) is 22.4 Å². The Labute approximate surface area is 114 Å². The van der Waals surface area contributed by atoms with Crippen LogP contribution < -0.4 is 10.6 Å². The molecule has 3 N–H and O–H groups in total. The molecule has 0 aliphatic heterocycles. The minimum atomic E-state index is -0.708. The van der Waals surface area contributed by atoms with E-state index in [1.807, 2.05) is 20.8 Å². The standard InChI is InChI=1S/C11H14BrFN2OS/c1-11(2,3)15-10(17)14-8-5-6(12)4-7(13)9(8)16/h4-5,16H,1-3H3,(H2,14,15,17). The van der Waals surface area contributed by atoms with Crippen LogP contribution >= 0.6 is 28.1 Å². The fourth-order valence-electron chi connectivity index (χ4n) is 1.16. The van der Waals surface area contributed by atoms with Crippen LogP contribution in [0.3, 0.4) is 0 Å². The van der Waals surface area contributed by atoms with Gasteiger partial charge >= 0.3 is 0 Å². The summed E-state index contributed by atoms with van der Waals surface area (Å²) in [4.78, 5) is 0. The Hall–Kier alpha value is -0.880. The molecule has 17 heavy (non-hydrogen) atoms. The highest BCUT2D eigenvalue weighted by molar-refractivity contribution is 9.10. The fourth-order valence-corrected chi connectivity index (χ4v) is 2.00. The molecule has 1 rings (SSSR count). The number of hydrogen-bond acceptors (Lipinski definition) is 2. The van der Waals surface area contributed by atoms with Crippen molar-refractivity contribution in [1.29, 1.82) is 0 Å². The third-order valence-corrected chi connectivity index (χ3v) is 2.43. The summed E-state index contributed by atoms with van der Waals surface area (Å²) >= 11 is 8.20. The number of anilines is 1. The summed E-state index contributed by atoms with van der Waals surface area (Å²) in [7, 11) is 0. The summed E-state index contributed by atoms with van der Waals surface area (Å²) in [5.41, 5.74) is 0.0168. The Morgan fingerprint density at radius 3 is 2.53 bits per heavy atom. The van der Waals surface area contributed by atoms with Gasteiger partial charge in [0, 0.05) is 10.0 Å². The first kappa shape index (κ1) is 14.2. The van der Waals surface area contributed by atoms with Crippen LogP contribution in [-0.4, -0.2) is 15.8 Å². The van der Waals surface area contributed by atoms with E-state index >= 15 is 0 Å². The molecule has 0 amide bonds. The Morgan fingerprint density at radius 2 is 2.00 bits per heavy atom. The van der Waals surface area contributed by atoms with E-state index in [0.717, 1.165) is 0 Å². The van der Waals surface area contributed by atoms with Crippen LogP contribution in [0.5, 0.6) is 5.75 Å². The summed E-state index contributed by atoms with van der Waals surface area (Å²) in [6.45, 7) is 5.84. The van der Waals surface area contributed by atoms with Gasteiger partial charge in [-0.3, -0.25) is 0 Å². The molecule has 0 radical (unpaired) electrons. The molecular formula is C11H14BrFN2OS. The molecule has 0 aromatic heterocycles. The monoisotopic (exact) mass is 320 g/mol. The Kier molecular flexibility index (Phi) is 4.32. The van der Waals surface area contributed by atoms with E-state index in [4.69, 9.17) is 12.2 Å². The zero-order chi connectivity index (χ0) is 13.2. The summed E-state index contributed by atoms with van der Waals surface area (Å²) < 4.78 is 13.8. The minimum Gasteiger partial charge on any atom is -0.503 e. The second-order valence-corrected chi connectivity index (χ2v) is 5.94. The average molecular weight is 321 g/mol. The second kappa shape index (κ2) is 5.18. The van der Waals surface area contributed by atoms with Gasteiger partial charge in [-0.05, 0) is 45.1 Å². The minimum absolute atomic E-state index is 0.204. The number of halogens is 2. The molecule has 3 nitrogen and oxygen atoms in total. The number of thiocarbonyl (C=S) groups is 1. The fraction of sp³-hybridized carbons (Fsp3) is 0.364. The molecule has 1 aromatic rings. The van der Waals surface area contributed by atoms with Crippen molar-refractivity contribution < 1.29 is 9.50 Å². The molecule has 0 saturated carbocycles. The van der Waals surface area contributed by atoms with Gasteiger partial charge in [0.1, 0.15) is 0 Å². The Balaban J connectivity index is 2.85. The van der Waals surface area contributed by atoms with Crippen LogP contribution in [0.25, 0.3) is 0 Å². The second-order valence-electron chi connectivity index (χ2n) is 4.61. The summed E-state index contributed by atoms with van der Waals surface area (Å²) in [6, 6.07) is 2.73. The first-order chi connectivity index (χ1) is 7.69. The molecule has 0 spiro atoms. The van der Waals surface area contributed by atoms with Gasteiger partial charge in [-0.25, -0.2) is 4.39 Å². The van der Waals surface area contributed by atoms with Gasteiger partial charge in [-0.2, -0.15) is 0 Å². The number of rotatable bonds is 1. The first-order valence-electron chi connectivity index (χ1n) is 4.96. The van der Waals surface area contributed by atoms with Gasteiger partial charge in [0.25, 0.3) is 0 Å². The molecule has 6 heteroatoms. The highest BCUT2D eigenvalue weighted by Crippen LogP contribution is 2.30. The van der Waals surface area contributed by atoms with E-state index in [2.05, 4.69) is 26.6 Å². The van der Waals surface area contributed by atoms with Crippen LogP contribution in [0.4, 0.5) is 10.1 Å². The average Bonchev–Trinajstić information content (AvgIpc) is 2.10. The molecule has 94 valence electrons. The number of hydrogen-bond donors (Lipinski definition) is 3. The van der Waals surface area contributed by atoms with Gasteiger partial charge in [-0.1, -0.05) is 15.9 Å². The molecule has 0 bridgehead atoms. The van der Waals surface area contributed by atoms with Gasteiger partial charge in [0.2, 0.25) is 0 Å². The topological polar surface area (TPSA) is 44.3 Å². The number of nitrogens with one attached hydrogen (secondary N) is 2. The van der Waals surface area contributed by atoms with Crippen molar-refractivity contribution in [2.24, 2.45) is 0 Å². The van der Waals surface area contributed by atoms with Crippen molar-refractivity contribution >= 4 is 38.9 Å². The predicted octanol–water partition coefficient (Wildman–Crippen LogP) is 3.38. The lowest BCUT2D eigenvalue weighted by atomic mass is 10.1. The maximum absolute atomic E-state index is 13.2. The largest absolute Gasteiger partial charge is 0.503 e. The molecule has 0 atom stereocenters. The number of phenolic OH excluding ortho intramolecular Hbond substituents is 1. The first-order valence-corrected chi connectivity index (χ1v) is 6.16. The van der Waals surface area contributed by atoms with Gasteiger partial charge in [0.05, 0.1) is 5.69 Å². The van der Waals surface area contributed by atoms with Crippen molar-refractivity contribution in [2.45, 2.75) is 26.3 Å². The highest BCUT2D eigenvalue weighted by atomic mass is 79.9. The summed E-state index contributed by atoms with van der Waals surface area (Å²) in [6.07, 6.45) is 0. The lowest BCUT2D eigenvalue weighted by Crippen LogP contribution is -2.42. The van der Waals surface area contributed by atoms with E-state index in [1.54, 1.807) is 6.07 Å². The highest BCUT2D eigenvalue weighted by Gasteiger charge is 2.14. The number of phenols is 1. The van der Waals surface area contributed by atoms with E-state index in [1.165, 1.54) is 6.07 Å². The van der Waals surface area contributed by atoms with E-state index in [0.29, 0.717) is 9.59 Å². The smallest absolute Gasteiger partial charge is 0.175 e. The SMILES string of the molecule is CC(C)(C)NC(=S)Nc1cc(Br)cc(F)c1O. The summed E-state index contributed by atoms with van der Waals surface area (Å²) in [5.74, 6) is -1.16. The van der Waals surface area contributed by atoms with E-state index < -0.39 is 11.6 Å². The molecule has 0 fully saturated rings. The number of benzene rings is 1. The van der Waals surface area contributed by atoms with Crippen LogP contribution in [-0.2, 0) is 0 Å². The van der Waals surface area contributed by atoms with Crippen LogP contribution in [0.2, 0.25) is 0 Å². The lowest BCUT2D eigenvalue weighted by Gasteiger charge is -2.23. The molecule has 0 aliphatic rings.